The van der Waals surface area contributed by atoms with Crippen molar-refractivity contribution in [1.82, 2.24) is 5.32 Å². The number of rotatable bonds is 7. The van der Waals surface area contributed by atoms with Crippen LogP contribution in [0.1, 0.15) is 18.9 Å². The molecule has 0 aliphatic rings. The molecule has 0 heterocycles. The Morgan fingerprint density at radius 2 is 1.86 bits per heavy atom. The van der Waals surface area contributed by atoms with Crippen LogP contribution in [0.4, 0.5) is 5.69 Å². The van der Waals surface area contributed by atoms with Gasteiger partial charge in [-0.2, -0.15) is 0 Å². The third-order valence-corrected chi connectivity index (χ3v) is 4.12. The van der Waals surface area contributed by atoms with E-state index in [0.29, 0.717) is 0 Å². The molecule has 0 spiro atoms. The lowest BCUT2D eigenvalue weighted by Gasteiger charge is -2.09. The molecule has 0 unspecified atom stereocenters. The van der Waals surface area contributed by atoms with E-state index in [-0.39, 0.29) is 10.6 Å². The molecule has 0 saturated carbocycles. The molecule has 0 amide bonds. The van der Waals surface area contributed by atoms with Gasteiger partial charge in [-0.1, -0.05) is 36.9 Å². The molecule has 4 nitrogen and oxygen atoms in total. The van der Waals surface area contributed by atoms with Crippen molar-refractivity contribution >= 4 is 17.4 Å². The van der Waals surface area contributed by atoms with Gasteiger partial charge in [-0.15, -0.1) is 0 Å². The monoisotopic (exact) mass is 302 g/mol. The highest BCUT2D eigenvalue weighted by Gasteiger charge is 2.07. The third kappa shape index (κ3) is 4.58. The largest absolute Gasteiger partial charge is 0.313 e. The fraction of sp³-hybridized carbons (Fsp3) is 0.250. The van der Waals surface area contributed by atoms with Crippen molar-refractivity contribution in [3.8, 4) is 0 Å². The number of non-ortho nitro benzene ring substituents is 1. The highest BCUT2D eigenvalue weighted by Crippen LogP contribution is 2.31. The highest BCUT2D eigenvalue weighted by molar-refractivity contribution is 7.99. The van der Waals surface area contributed by atoms with Crippen LogP contribution in [0, 0.1) is 10.1 Å². The second-order valence-corrected chi connectivity index (χ2v) is 5.75. The molecule has 0 bridgehead atoms. The van der Waals surface area contributed by atoms with Crippen LogP contribution in [0.2, 0.25) is 0 Å². The number of nitro benzene ring substituents is 1. The summed E-state index contributed by atoms with van der Waals surface area (Å²) in [6.45, 7) is 3.98. The Morgan fingerprint density at radius 1 is 1.14 bits per heavy atom. The maximum absolute atomic E-state index is 10.7. The number of hydrogen-bond acceptors (Lipinski definition) is 4. The van der Waals surface area contributed by atoms with E-state index < -0.39 is 0 Å². The maximum atomic E-state index is 10.7. The molecule has 21 heavy (non-hydrogen) atoms. The molecular formula is C16H18N2O2S. The maximum Gasteiger partial charge on any atom is 0.269 e. The van der Waals surface area contributed by atoms with Crippen LogP contribution in [-0.2, 0) is 6.54 Å². The van der Waals surface area contributed by atoms with Crippen molar-refractivity contribution in [2.75, 3.05) is 6.54 Å². The lowest BCUT2D eigenvalue weighted by molar-refractivity contribution is -0.384. The minimum atomic E-state index is -0.378. The minimum Gasteiger partial charge on any atom is -0.313 e. The van der Waals surface area contributed by atoms with Gasteiger partial charge in [-0.05, 0) is 36.7 Å². The van der Waals surface area contributed by atoms with Gasteiger partial charge in [0.05, 0.1) is 4.92 Å². The average Bonchev–Trinajstić information content (AvgIpc) is 2.50. The number of nitro groups is 1. The topological polar surface area (TPSA) is 55.2 Å². The molecule has 2 aromatic carbocycles. The van der Waals surface area contributed by atoms with Crippen molar-refractivity contribution in [2.45, 2.75) is 29.7 Å². The van der Waals surface area contributed by atoms with Gasteiger partial charge in [0.2, 0.25) is 0 Å². The van der Waals surface area contributed by atoms with Gasteiger partial charge in [0.25, 0.3) is 5.69 Å². The fourth-order valence-corrected chi connectivity index (χ4v) is 2.86. The van der Waals surface area contributed by atoms with E-state index in [0.717, 1.165) is 24.4 Å². The Morgan fingerprint density at radius 3 is 2.52 bits per heavy atom. The van der Waals surface area contributed by atoms with Gasteiger partial charge in [0, 0.05) is 28.5 Å². The van der Waals surface area contributed by atoms with E-state index in [4.69, 9.17) is 0 Å². The summed E-state index contributed by atoms with van der Waals surface area (Å²) >= 11 is 1.63. The van der Waals surface area contributed by atoms with Gasteiger partial charge in [0.1, 0.15) is 0 Å². The summed E-state index contributed by atoms with van der Waals surface area (Å²) in [6.07, 6.45) is 1.11. The smallest absolute Gasteiger partial charge is 0.269 e. The standard InChI is InChI=1S/C16H18N2O2S/c1-2-11-17-12-13-5-3-4-6-16(13)21-15-9-7-14(8-10-15)18(19)20/h3-10,17H,2,11-12H2,1H3. The summed E-state index contributed by atoms with van der Waals surface area (Å²) in [5, 5.41) is 14.1. The molecule has 5 heteroatoms. The summed E-state index contributed by atoms with van der Waals surface area (Å²) < 4.78 is 0. The summed E-state index contributed by atoms with van der Waals surface area (Å²) in [7, 11) is 0. The molecule has 2 aromatic rings. The molecule has 1 N–H and O–H groups in total. The molecule has 0 aromatic heterocycles. The molecule has 0 radical (unpaired) electrons. The van der Waals surface area contributed by atoms with Crippen LogP contribution in [0.25, 0.3) is 0 Å². The average molecular weight is 302 g/mol. The van der Waals surface area contributed by atoms with Gasteiger partial charge in [-0.3, -0.25) is 10.1 Å². The van der Waals surface area contributed by atoms with E-state index >= 15 is 0 Å². The quantitative estimate of drug-likeness (QED) is 0.472. The van der Waals surface area contributed by atoms with Gasteiger partial charge < -0.3 is 5.32 Å². The first kappa shape index (κ1) is 15.5. The third-order valence-electron chi connectivity index (χ3n) is 2.99. The number of hydrogen-bond donors (Lipinski definition) is 1. The molecule has 0 saturated heterocycles. The number of benzene rings is 2. The Balaban J connectivity index is 2.09. The molecule has 0 aliphatic carbocycles. The van der Waals surface area contributed by atoms with Crippen LogP contribution in [0.5, 0.6) is 0 Å². The van der Waals surface area contributed by atoms with E-state index in [9.17, 15) is 10.1 Å². The van der Waals surface area contributed by atoms with Gasteiger partial charge >= 0.3 is 0 Å². The summed E-state index contributed by atoms with van der Waals surface area (Å²) in [6, 6.07) is 14.9. The molecule has 110 valence electrons. The van der Waals surface area contributed by atoms with Gasteiger partial charge in [0.15, 0.2) is 0 Å². The van der Waals surface area contributed by atoms with Crippen molar-refractivity contribution in [2.24, 2.45) is 0 Å². The Labute approximate surface area is 128 Å². The lowest BCUT2D eigenvalue weighted by atomic mass is 10.2. The predicted molar refractivity (Wildman–Crippen MR) is 85.7 cm³/mol. The zero-order chi connectivity index (χ0) is 15.1. The first-order valence-electron chi connectivity index (χ1n) is 6.91. The highest BCUT2D eigenvalue weighted by atomic mass is 32.2. The summed E-state index contributed by atoms with van der Waals surface area (Å²) in [5.74, 6) is 0. The number of nitrogens with one attached hydrogen (secondary N) is 1. The van der Waals surface area contributed by atoms with E-state index in [1.165, 1.54) is 10.5 Å². The SMILES string of the molecule is CCCNCc1ccccc1Sc1ccc([N+](=O)[O-])cc1. The Bertz CT molecular complexity index is 599. The van der Waals surface area contributed by atoms with Crippen molar-refractivity contribution < 1.29 is 4.92 Å². The zero-order valence-corrected chi connectivity index (χ0v) is 12.7. The minimum absolute atomic E-state index is 0.122. The van der Waals surface area contributed by atoms with E-state index in [1.54, 1.807) is 36.0 Å². The second kappa shape index (κ2) is 7.81. The first-order chi connectivity index (χ1) is 10.2. The second-order valence-electron chi connectivity index (χ2n) is 4.64. The van der Waals surface area contributed by atoms with Crippen LogP contribution in [-0.4, -0.2) is 11.5 Å². The predicted octanol–water partition coefficient (Wildman–Crippen LogP) is 4.25. The summed E-state index contributed by atoms with van der Waals surface area (Å²) in [5.41, 5.74) is 1.37. The molecule has 0 aliphatic heterocycles. The van der Waals surface area contributed by atoms with Crippen molar-refractivity contribution in [1.29, 1.82) is 0 Å². The molecule has 0 fully saturated rings. The Hall–Kier alpha value is -1.85. The Kier molecular flexibility index (Phi) is 5.78. The zero-order valence-electron chi connectivity index (χ0n) is 11.9. The van der Waals surface area contributed by atoms with E-state index in [1.807, 2.05) is 12.1 Å². The summed E-state index contributed by atoms with van der Waals surface area (Å²) in [4.78, 5) is 12.5. The van der Waals surface area contributed by atoms with Crippen LogP contribution in [0.3, 0.4) is 0 Å². The fourth-order valence-electron chi connectivity index (χ4n) is 1.91. The lowest BCUT2D eigenvalue weighted by Crippen LogP contribution is -2.14. The first-order valence-corrected chi connectivity index (χ1v) is 7.73. The molecular weight excluding hydrogens is 284 g/mol. The normalized spacial score (nSPS) is 10.5. The van der Waals surface area contributed by atoms with E-state index in [2.05, 4.69) is 24.4 Å². The van der Waals surface area contributed by atoms with Crippen LogP contribution < -0.4 is 5.32 Å². The van der Waals surface area contributed by atoms with Gasteiger partial charge in [-0.25, -0.2) is 0 Å². The van der Waals surface area contributed by atoms with Crippen LogP contribution >= 0.6 is 11.8 Å². The molecule has 2 rings (SSSR count). The van der Waals surface area contributed by atoms with Crippen molar-refractivity contribution in [3.63, 3.8) is 0 Å². The van der Waals surface area contributed by atoms with Crippen molar-refractivity contribution in [3.05, 3.63) is 64.2 Å². The number of nitrogens with zero attached hydrogens (tertiary/aromatic N) is 1. The van der Waals surface area contributed by atoms with Crippen LogP contribution in [0.15, 0.2) is 58.3 Å². The molecule has 0 atom stereocenters.